The summed E-state index contributed by atoms with van der Waals surface area (Å²) in [5, 5.41) is 7.18. The molecule has 0 radical (unpaired) electrons. The van der Waals surface area contributed by atoms with E-state index >= 15 is 0 Å². The third-order valence-electron chi connectivity index (χ3n) is 3.35. The van der Waals surface area contributed by atoms with E-state index < -0.39 is 0 Å². The number of carbonyl (C=O) groups is 1. The van der Waals surface area contributed by atoms with Gasteiger partial charge in [0, 0.05) is 30.8 Å². The number of aryl methyl sites for hydroxylation is 2. The molecule has 0 saturated heterocycles. The maximum absolute atomic E-state index is 12.0. The van der Waals surface area contributed by atoms with Gasteiger partial charge in [-0.05, 0) is 36.8 Å². The van der Waals surface area contributed by atoms with Gasteiger partial charge in [0.25, 0.3) is 0 Å². The smallest absolute Gasteiger partial charge is 0.227 e. The zero-order valence-corrected chi connectivity index (χ0v) is 13.7. The number of halogens is 1. The van der Waals surface area contributed by atoms with Crippen LogP contribution in [0.3, 0.4) is 0 Å². The zero-order valence-electron chi connectivity index (χ0n) is 13.0. The van der Waals surface area contributed by atoms with Crippen LogP contribution in [0, 0.1) is 6.92 Å². The Bertz CT molecular complexity index is 849. The highest BCUT2D eigenvalue weighted by atomic mass is 35.5. The normalized spacial score (nSPS) is 10.6. The number of anilines is 1. The van der Waals surface area contributed by atoms with Crippen LogP contribution in [0.4, 0.5) is 5.69 Å². The minimum Gasteiger partial charge on any atom is -0.339 e. The second-order valence-electron chi connectivity index (χ2n) is 5.28. The number of aromatic nitrogens is 3. The van der Waals surface area contributed by atoms with Gasteiger partial charge in [0.2, 0.25) is 17.6 Å². The molecule has 0 unspecified atom stereocenters. The predicted octanol–water partition coefficient (Wildman–Crippen LogP) is 3.66. The molecule has 0 aliphatic heterocycles. The Hall–Kier alpha value is -2.73. The summed E-state index contributed by atoms with van der Waals surface area (Å²) in [6, 6.07) is 9.11. The number of hydrogen-bond donors (Lipinski definition) is 1. The Labute approximate surface area is 143 Å². The van der Waals surface area contributed by atoms with E-state index in [1.165, 1.54) is 0 Å². The number of nitrogens with one attached hydrogen (secondary N) is 1. The van der Waals surface area contributed by atoms with Crippen molar-refractivity contribution >= 4 is 23.2 Å². The van der Waals surface area contributed by atoms with Gasteiger partial charge in [0.05, 0.1) is 10.7 Å². The maximum atomic E-state index is 12.0. The maximum Gasteiger partial charge on any atom is 0.227 e. The first-order valence-electron chi connectivity index (χ1n) is 7.41. The standard InChI is InChI=1S/C17H15ClN4O2/c1-11-4-5-14(13(18)9-11)20-15(23)6-7-16-21-17(22-24-16)12-3-2-8-19-10-12/h2-5,8-10H,6-7H2,1H3,(H,20,23). The van der Waals surface area contributed by atoms with Crippen LogP contribution in [0.5, 0.6) is 0 Å². The lowest BCUT2D eigenvalue weighted by Gasteiger charge is -2.07. The molecule has 0 aliphatic carbocycles. The van der Waals surface area contributed by atoms with Gasteiger partial charge in [-0.1, -0.05) is 22.8 Å². The number of pyridine rings is 1. The summed E-state index contributed by atoms with van der Waals surface area (Å²) in [4.78, 5) is 20.3. The highest BCUT2D eigenvalue weighted by Crippen LogP contribution is 2.23. The summed E-state index contributed by atoms with van der Waals surface area (Å²) in [5.41, 5.74) is 2.39. The van der Waals surface area contributed by atoms with Gasteiger partial charge in [0.15, 0.2) is 0 Å². The molecule has 0 fully saturated rings. The molecule has 7 heteroatoms. The van der Waals surface area contributed by atoms with E-state index in [2.05, 4.69) is 20.4 Å². The average molecular weight is 343 g/mol. The summed E-state index contributed by atoms with van der Waals surface area (Å²) in [6.07, 6.45) is 3.90. The van der Waals surface area contributed by atoms with Gasteiger partial charge in [0.1, 0.15) is 0 Å². The Morgan fingerprint density at radius 3 is 2.96 bits per heavy atom. The van der Waals surface area contributed by atoms with Crippen molar-refractivity contribution < 1.29 is 9.32 Å². The van der Waals surface area contributed by atoms with Gasteiger partial charge in [-0.3, -0.25) is 9.78 Å². The molecule has 0 aliphatic rings. The van der Waals surface area contributed by atoms with Crippen molar-refractivity contribution in [2.45, 2.75) is 19.8 Å². The van der Waals surface area contributed by atoms with Gasteiger partial charge >= 0.3 is 0 Å². The van der Waals surface area contributed by atoms with Crippen molar-refractivity contribution in [1.82, 2.24) is 15.1 Å². The first-order chi connectivity index (χ1) is 11.6. The molecule has 24 heavy (non-hydrogen) atoms. The molecule has 0 atom stereocenters. The molecule has 0 bridgehead atoms. The lowest BCUT2D eigenvalue weighted by Crippen LogP contribution is -2.12. The lowest BCUT2D eigenvalue weighted by atomic mass is 10.2. The molecule has 6 nitrogen and oxygen atoms in total. The van der Waals surface area contributed by atoms with E-state index in [-0.39, 0.29) is 12.3 Å². The molecule has 1 N–H and O–H groups in total. The first kappa shape index (κ1) is 16.1. The van der Waals surface area contributed by atoms with Crippen molar-refractivity contribution in [1.29, 1.82) is 0 Å². The SMILES string of the molecule is Cc1ccc(NC(=O)CCc2nc(-c3cccnc3)no2)c(Cl)c1. The molecule has 122 valence electrons. The lowest BCUT2D eigenvalue weighted by molar-refractivity contribution is -0.116. The van der Waals surface area contributed by atoms with Crippen LogP contribution >= 0.6 is 11.6 Å². The number of benzene rings is 1. The largest absolute Gasteiger partial charge is 0.339 e. The fourth-order valence-corrected chi connectivity index (χ4v) is 2.41. The minimum absolute atomic E-state index is 0.165. The quantitative estimate of drug-likeness (QED) is 0.765. The molecule has 3 rings (SSSR count). The summed E-state index contributed by atoms with van der Waals surface area (Å²) in [7, 11) is 0. The summed E-state index contributed by atoms with van der Waals surface area (Å²) < 4.78 is 5.16. The fraction of sp³-hybridized carbons (Fsp3) is 0.176. The van der Waals surface area contributed by atoms with Crippen molar-refractivity contribution in [3.8, 4) is 11.4 Å². The molecular formula is C17H15ClN4O2. The topological polar surface area (TPSA) is 80.9 Å². The van der Waals surface area contributed by atoms with E-state index in [1.807, 2.05) is 19.1 Å². The van der Waals surface area contributed by atoms with Crippen LogP contribution in [0.15, 0.2) is 47.2 Å². The van der Waals surface area contributed by atoms with Crippen molar-refractivity contribution in [2.24, 2.45) is 0 Å². The molecule has 2 aromatic heterocycles. The van der Waals surface area contributed by atoms with Crippen molar-refractivity contribution in [2.75, 3.05) is 5.32 Å². The number of amides is 1. The van der Waals surface area contributed by atoms with E-state index in [1.54, 1.807) is 30.6 Å². The van der Waals surface area contributed by atoms with Gasteiger partial charge in [-0.25, -0.2) is 0 Å². The monoisotopic (exact) mass is 342 g/mol. The van der Waals surface area contributed by atoms with E-state index in [9.17, 15) is 4.79 Å². The highest BCUT2D eigenvalue weighted by molar-refractivity contribution is 6.33. The minimum atomic E-state index is -0.165. The Morgan fingerprint density at radius 1 is 1.33 bits per heavy atom. The molecule has 1 aromatic carbocycles. The molecule has 0 spiro atoms. The van der Waals surface area contributed by atoms with Gasteiger partial charge < -0.3 is 9.84 Å². The van der Waals surface area contributed by atoms with Crippen LogP contribution in [-0.2, 0) is 11.2 Å². The summed E-state index contributed by atoms with van der Waals surface area (Å²) in [5.74, 6) is 0.695. The number of carbonyl (C=O) groups excluding carboxylic acids is 1. The fourth-order valence-electron chi connectivity index (χ4n) is 2.12. The summed E-state index contributed by atoms with van der Waals surface area (Å²) >= 11 is 6.10. The van der Waals surface area contributed by atoms with Crippen LogP contribution in [0.2, 0.25) is 5.02 Å². The highest BCUT2D eigenvalue weighted by Gasteiger charge is 2.11. The molecule has 0 saturated carbocycles. The van der Waals surface area contributed by atoms with Crippen molar-refractivity contribution in [3.63, 3.8) is 0 Å². The summed E-state index contributed by atoms with van der Waals surface area (Å²) in [6.45, 7) is 1.94. The molecule has 1 amide bonds. The van der Waals surface area contributed by atoms with Gasteiger partial charge in [-0.2, -0.15) is 4.98 Å². The Kier molecular flexibility index (Phi) is 4.86. The third kappa shape index (κ3) is 3.97. The second-order valence-corrected chi connectivity index (χ2v) is 5.69. The first-order valence-corrected chi connectivity index (χ1v) is 7.78. The zero-order chi connectivity index (χ0) is 16.9. The predicted molar refractivity (Wildman–Crippen MR) is 90.7 cm³/mol. The average Bonchev–Trinajstić information content (AvgIpc) is 3.05. The van der Waals surface area contributed by atoms with Crippen LogP contribution in [0.25, 0.3) is 11.4 Å². The number of hydrogen-bond acceptors (Lipinski definition) is 5. The second kappa shape index (κ2) is 7.23. The van der Waals surface area contributed by atoms with E-state index in [0.717, 1.165) is 11.1 Å². The van der Waals surface area contributed by atoms with Crippen LogP contribution < -0.4 is 5.32 Å². The van der Waals surface area contributed by atoms with Crippen LogP contribution in [-0.4, -0.2) is 21.0 Å². The van der Waals surface area contributed by atoms with Crippen molar-refractivity contribution in [3.05, 3.63) is 59.2 Å². The molecule has 3 aromatic rings. The number of rotatable bonds is 5. The van der Waals surface area contributed by atoms with Gasteiger partial charge in [-0.15, -0.1) is 0 Å². The third-order valence-corrected chi connectivity index (χ3v) is 3.67. The molecular weight excluding hydrogens is 328 g/mol. The van der Waals surface area contributed by atoms with E-state index in [4.69, 9.17) is 16.1 Å². The Morgan fingerprint density at radius 2 is 2.21 bits per heavy atom. The van der Waals surface area contributed by atoms with Crippen LogP contribution in [0.1, 0.15) is 17.9 Å². The molecule has 2 heterocycles. The number of nitrogens with zero attached hydrogens (tertiary/aromatic N) is 3. The Balaban J connectivity index is 1.58. The van der Waals surface area contributed by atoms with E-state index in [0.29, 0.717) is 28.8 Å².